The summed E-state index contributed by atoms with van der Waals surface area (Å²) in [7, 11) is 0. The molecule has 16 rings (SSSR count). The van der Waals surface area contributed by atoms with E-state index in [0.29, 0.717) is 5.82 Å². The largest absolute Gasteiger partial charge is 0.310 e. The van der Waals surface area contributed by atoms with Crippen LogP contribution in [0.25, 0.3) is 133 Å². The van der Waals surface area contributed by atoms with Crippen LogP contribution in [-0.2, 0) is 21.7 Å². The molecule has 0 saturated carbocycles. The molecule has 91 heavy (non-hydrogen) atoms. The summed E-state index contributed by atoms with van der Waals surface area (Å²) in [5, 5.41) is 5.01. The molecule has 4 nitrogen and oxygen atoms in total. The number of nitrogens with zero attached hydrogens (tertiary/aromatic N) is 4. The van der Waals surface area contributed by atoms with Gasteiger partial charge in [-0.05, 0) is 147 Å². The van der Waals surface area contributed by atoms with Crippen LogP contribution < -0.4 is 16.4 Å². The highest BCUT2D eigenvalue weighted by molar-refractivity contribution is 7.00. The minimum atomic E-state index is -0.134. The third kappa shape index (κ3) is 9.25. The van der Waals surface area contributed by atoms with Crippen LogP contribution >= 0.6 is 0 Å². The summed E-state index contributed by atoms with van der Waals surface area (Å²) in [5.41, 5.74) is 30.6. The minimum Gasteiger partial charge on any atom is -0.310 e. The van der Waals surface area contributed by atoms with Crippen molar-refractivity contribution < 1.29 is 0 Å². The van der Waals surface area contributed by atoms with Crippen LogP contribution in [0.3, 0.4) is 0 Å². The van der Waals surface area contributed by atoms with Gasteiger partial charge in [0.2, 0.25) is 0 Å². The monoisotopic (exact) mass is 1170 g/mol. The van der Waals surface area contributed by atoms with Gasteiger partial charge >= 0.3 is 0 Å². The molecule has 3 aromatic heterocycles. The van der Waals surface area contributed by atoms with Gasteiger partial charge in [-0.15, -0.1) is 0 Å². The second-order valence-electron chi connectivity index (χ2n) is 29.9. The van der Waals surface area contributed by atoms with Crippen molar-refractivity contribution in [1.29, 1.82) is 0 Å². The Kier molecular flexibility index (Phi) is 12.6. The zero-order chi connectivity index (χ0) is 62.6. The normalized spacial score (nSPS) is 13.0. The molecule has 2 aliphatic heterocycles. The van der Waals surface area contributed by atoms with Crippen molar-refractivity contribution in [3.05, 3.63) is 259 Å². The van der Waals surface area contributed by atoms with Gasteiger partial charge in [0, 0.05) is 60.6 Å². The van der Waals surface area contributed by atoms with Gasteiger partial charge in [0.05, 0.1) is 22.4 Å². The van der Waals surface area contributed by atoms with Crippen LogP contribution in [0.2, 0.25) is 0 Å². The molecule has 0 atom stereocenters. The zero-order valence-corrected chi connectivity index (χ0v) is 54.4. The highest BCUT2D eigenvalue weighted by Gasteiger charge is 2.43. The molecule has 0 saturated heterocycles. The molecule has 2 aliphatic rings. The highest BCUT2D eigenvalue weighted by atomic mass is 15.0. The summed E-state index contributed by atoms with van der Waals surface area (Å²) in [6, 6.07) is 89.3. The van der Waals surface area contributed by atoms with Gasteiger partial charge in [-0.3, -0.25) is 0 Å². The first kappa shape index (κ1) is 56.4. The quantitative estimate of drug-likeness (QED) is 0.149. The Morgan fingerprint density at radius 2 is 0.659 bits per heavy atom. The summed E-state index contributed by atoms with van der Waals surface area (Å²) in [4.78, 5) is 11.0. The SMILES string of the molecule is CC(C)(C)c1cc(-c2ccc3c4c2c2cc(-c5ccccc5)ccc2n4-c2cc(-c4cc(-c5ccccc5)nc(-c5ccccc5)n4)cc4c2B3c2ccc(-c3cc(C(C)(C)C)cc(C(C)(C)C)c3)c3c5cc(-c6ccccc6)ccc5n-4c23)cc(C(C)(C)C)c1. The predicted octanol–water partition coefficient (Wildman–Crippen LogP) is 20.7. The van der Waals surface area contributed by atoms with E-state index >= 15 is 0 Å². The fraction of sp³-hybridized carbons (Fsp3) is 0.186. The Balaban J connectivity index is 1.09. The van der Waals surface area contributed by atoms with Gasteiger partial charge in [-0.2, -0.15) is 0 Å². The number of aromatic nitrogens is 4. The molecular formula is C86H75BN4. The number of hydrogen-bond donors (Lipinski definition) is 0. The molecule has 0 unspecified atom stereocenters. The lowest BCUT2D eigenvalue weighted by molar-refractivity contribution is 0.568. The summed E-state index contributed by atoms with van der Waals surface area (Å²) in [6.45, 7) is 28.1. The van der Waals surface area contributed by atoms with E-state index in [-0.39, 0.29) is 28.4 Å². The summed E-state index contributed by atoms with van der Waals surface area (Å²) in [5.74, 6) is 0.690. The van der Waals surface area contributed by atoms with Crippen molar-refractivity contribution in [1.82, 2.24) is 19.1 Å². The molecule has 14 aromatic rings. The molecule has 0 bridgehead atoms. The van der Waals surface area contributed by atoms with E-state index in [2.05, 4.69) is 329 Å². The van der Waals surface area contributed by atoms with Crippen LogP contribution in [0.1, 0.15) is 105 Å². The van der Waals surface area contributed by atoms with E-state index < -0.39 is 0 Å². The van der Waals surface area contributed by atoms with Crippen molar-refractivity contribution in [3.63, 3.8) is 0 Å². The lowest BCUT2D eigenvalue weighted by atomic mass is 9.34. The van der Waals surface area contributed by atoms with E-state index in [4.69, 9.17) is 9.97 Å². The smallest absolute Gasteiger partial charge is 0.252 e. The maximum absolute atomic E-state index is 5.63. The third-order valence-electron chi connectivity index (χ3n) is 19.7. The van der Waals surface area contributed by atoms with Crippen LogP contribution in [0.15, 0.2) is 237 Å². The van der Waals surface area contributed by atoms with Gasteiger partial charge in [-0.25, -0.2) is 9.97 Å². The summed E-state index contributed by atoms with van der Waals surface area (Å²) >= 11 is 0. The first-order chi connectivity index (χ1) is 43.6. The molecule has 0 fully saturated rings. The molecule has 11 aromatic carbocycles. The first-order valence-electron chi connectivity index (χ1n) is 32.5. The Morgan fingerprint density at radius 3 is 1.04 bits per heavy atom. The summed E-state index contributed by atoms with van der Waals surface area (Å²) < 4.78 is 5.29. The van der Waals surface area contributed by atoms with Crippen molar-refractivity contribution in [2.45, 2.75) is 105 Å². The van der Waals surface area contributed by atoms with E-state index in [1.807, 2.05) is 0 Å². The molecule has 0 N–H and O–H groups in total. The van der Waals surface area contributed by atoms with Crippen molar-refractivity contribution in [2.75, 3.05) is 0 Å². The van der Waals surface area contributed by atoms with Crippen molar-refractivity contribution >= 4 is 66.7 Å². The average molecular weight is 1180 g/mol. The Hall–Kier alpha value is -9.84. The highest BCUT2D eigenvalue weighted by Crippen LogP contribution is 2.48. The molecule has 0 amide bonds. The van der Waals surface area contributed by atoms with E-state index in [1.165, 1.54) is 127 Å². The number of fused-ring (bicyclic) bond motifs is 10. The Labute approximate surface area is 536 Å². The van der Waals surface area contributed by atoms with Gasteiger partial charge in [0.1, 0.15) is 0 Å². The maximum atomic E-state index is 5.63. The van der Waals surface area contributed by atoms with Crippen LogP contribution in [0.5, 0.6) is 0 Å². The summed E-state index contributed by atoms with van der Waals surface area (Å²) in [6.07, 6.45) is 0. The molecule has 5 heteroatoms. The molecule has 0 spiro atoms. The van der Waals surface area contributed by atoms with E-state index in [9.17, 15) is 0 Å². The maximum Gasteiger partial charge on any atom is 0.252 e. The number of benzene rings is 11. The molecule has 0 radical (unpaired) electrons. The van der Waals surface area contributed by atoms with Gasteiger partial charge in [0.25, 0.3) is 6.71 Å². The lowest BCUT2D eigenvalue weighted by Gasteiger charge is -2.34. The molecule has 0 aliphatic carbocycles. The van der Waals surface area contributed by atoms with Crippen LogP contribution in [0, 0.1) is 0 Å². The van der Waals surface area contributed by atoms with Gasteiger partial charge < -0.3 is 9.13 Å². The van der Waals surface area contributed by atoms with Crippen LogP contribution in [-0.4, -0.2) is 25.8 Å². The van der Waals surface area contributed by atoms with Crippen molar-refractivity contribution in [3.8, 4) is 89.8 Å². The second kappa shape index (κ2) is 20.3. The van der Waals surface area contributed by atoms with Crippen LogP contribution in [0.4, 0.5) is 0 Å². The molecule has 442 valence electrons. The molecular weight excluding hydrogens is 1100 g/mol. The van der Waals surface area contributed by atoms with Crippen molar-refractivity contribution in [2.24, 2.45) is 0 Å². The second-order valence-corrected chi connectivity index (χ2v) is 29.9. The zero-order valence-electron chi connectivity index (χ0n) is 54.4. The third-order valence-corrected chi connectivity index (χ3v) is 19.7. The lowest BCUT2D eigenvalue weighted by Crippen LogP contribution is -2.59. The fourth-order valence-electron chi connectivity index (χ4n) is 14.7. The van der Waals surface area contributed by atoms with E-state index in [0.717, 1.165) is 39.5 Å². The standard InChI is InChI=1S/C86H75BN4/c1-83(2,3)61-41-58(42-62(49-61)84(4,5)6)65-35-37-69-80-77(65)67-45-56(52-25-17-13-18-26-52)33-39-73(67)90(80)75-47-60(72-51-71(54-29-21-15-22-30-54)88-82(89-72)55-31-23-16-24-32-55)48-76-79(75)87(69)70-38-36-66(59-43-63(85(7,8)9)50-64(44-59)86(10,11)12)78-68-46-57(53-27-19-14-20-28-53)34-40-74(68)91(76)81(70)78/h13-51H,1-12H3. The number of hydrogen-bond acceptors (Lipinski definition) is 2. The topological polar surface area (TPSA) is 35.6 Å². The minimum absolute atomic E-state index is 0.0786. The Bertz CT molecular complexity index is 4900. The Morgan fingerprint density at radius 1 is 0.297 bits per heavy atom. The van der Waals surface area contributed by atoms with Gasteiger partial charge in [0.15, 0.2) is 5.82 Å². The van der Waals surface area contributed by atoms with Gasteiger partial charge in [-0.1, -0.05) is 277 Å². The number of rotatable bonds is 7. The molecule has 5 heterocycles. The average Bonchev–Trinajstić information content (AvgIpc) is 1.57. The van der Waals surface area contributed by atoms with E-state index in [1.54, 1.807) is 0 Å². The predicted molar refractivity (Wildman–Crippen MR) is 388 cm³/mol. The fourth-order valence-corrected chi connectivity index (χ4v) is 14.7. The first-order valence-corrected chi connectivity index (χ1v) is 32.5.